The zero-order chi connectivity index (χ0) is 20.8. The van der Waals surface area contributed by atoms with E-state index in [-0.39, 0.29) is 24.0 Å². The Morgan fingerprint density at radius 3 is 2.63 bits per heavy atom. The molecule has 0 saturated carbocycles. The van der Waals surface area contributed by atoms with Gasteiger partial charge in [0.2, 0.25) is 0 Å². The number of ether oxygens (including phenoxy) is 1. The molecule has 1 saturated heterocycles. The van der Waals surface area contributed by atoms with Crippen molar-refractivity contribution in [1.82, 2.24) is 35.2 Å². The van der Waals surface area contributed by atoms with Crippen molar-refractivity contribution in [3.8, 4) is 0 Å². The lowest BCUT2D eigenvalue weighted by Gasteiger charge is -2.40. The molecule has 2 atom stereocenters. The average molecular weight is 534 g/mol. The van der Waals surface area contributed by atoms with Gasteiger partial charge in [0.25, 0.3) is 0 Å². The first-order chi connectivity index (χ1) is 14.0. The van der Waals surface area contributed by atoms with Crippen LogP contribution in [0.25, 0.3) is 0 Å². The lowest BCUT2D eigenvalue weighted by atomic mass is 10.0. The van der Waals surface area contributed by atoms with Crippen LogP contribution in [0.5, 0.6) is 0 Å². The van der Waals surface area contributed by atoms with E-state index in [1.807, 2.05) is 11.7 Å². The van der Waals surface area contributed by atoms with E-state index < -0.39 is 0 Å². The minimum Gasteiger partial charge on any atom is -0.377 e. The van der Waals surface area contributed by atoms with Crippen LogP contribution in [0.2, 0.25) is 0 Å². The molecule has 0 bridgehead atoms. The standard InChI is InChI=1S/C20H38N8O.HI/c1-15(2)17(27-10-8-26(4)9-11-27)12-22-20(21-3)23-16-6-7-19-24-18(14-29-5)25-28(19)13-16;/h15-17H,6-14H2,1-5H3,(H2,21,22,23);1H. The highest BCUT2D eigenvalue weighted by atomic mass is 127. The normalized spacial score (nSPS) is 21.8. The molecule has 0 aliphatic carbocycles. The number of likely N-dealkylation sites (N-methyl/N-ethyl adjacent to an activating group) is 1. The molecule has 172 valence electrons. The van der Waals surface area contributed by atoms with Crippen LogP contribution in [0.1, 0.15) is 31.9 Å². The molecule has 0 aromatic carbocycles. The summed E-state index contributed by atoms with van der Waals surface area (Å²) < 4.78 is 7.16. The first-order valence-electron chi connectivity index (χ1n) is 10.8. The summed E-state index contributed by atoms with van der Waals surface area (Å²) in [5, 5.41) is 11.7. The van der Waals surface area contributed by atoms with E-state index in [2.05, 4.69) is 56.4 Å². The van der Waals surface area contributed by atoms with Crippen molar-refractivity contribution in [3.05, 3.63) is 11.6 Å². The lowest BCUT2D eigenvalue weighted by molar-refractivity contribution is 0.0899. The molecular weight excluding hydrogens is 495 g/mol. The van der Waals surface area contributed by atoms with Crippen molar-refractivity contribution in [2.45, 2.75) is 51.9 Å². The second-order valence-electron chi connectivity index (χ2n) is 8.54. The summed E-state index contributed by atoms with van der Waals surface area (Å²) in [6.07, 6.45) is 1.94. The van der Waals surface area contributed by atoms with E-state index in [1.165, 1.54) is 0 Å². The molecule has 9 nitrogen and oxygen atoms in total. The molecule has 3 rings (SSSR count). The van der Waals surface area contributed by atoms with Crippen molar-refractivity contribution in [3.63, 3.8) is 0 Å². The Morgan fingerprint density at radius 1 is 1.27 bits per heavy atom. The number of rotatable bonds is 7. The average Bonchev–Trinajstić information content (AvgIpc) is 3.10. The van der Waals surface area contributed by atoms with Crippen molar-refractivity contribution in [2.75, 3.05) is 53.9 Å². The predicted molar refractivity (Wildman–Crippen MR) is 130 cm³/mol. The van der Waals surface area contributed by atoms with Crippen molar-refractivity contribution in [1.29, 1.82) is 0 Å². The summed E-state index contributed by atoms with van der Waals surface area (Å²) in [6.45, 7) is 11.3. The van der Waals surface area contributed by atoms with Gasteiger partial charge in [-0.15, -0.1) is 24.0 Å². The molecule has 3 heterocycles. The van der Waals surface area contributed by atoms with Gasteiger partial charge in [0.1, 0.15) is 12.4 Å². The van der Waals surface area contributed by atoms with Gasteiger partial charge in [-0.1, -0.05) is 13.8 Å². The lowest BCUT2D eigenvalue weighted by Crippen LogP contribution is -2.56. The number of guanidine groups is 1. The van der Waals surface area contributed by atoms with Gasteiger partial charge in [0.05, 0.1) is 6.54 Å². The van der Waals surface area contributed by atoms with Gasteiger partial charge in [-0.05, 0) is 19.4 Å². The molecule has 10 heteroatoms. The maximum Gasteiger partial charge on any atom is 0.191 e. The highest BCUT2D eigenvalue weighted by Gasteiger charge is 2.26. The summed E-state index contributed by atoms with van der Waals surface area (Å²) >= 11 is 0. The Bertz CT molecular complexity index is 672. The molecule has 2 unspecified atom stereocenters. The third kappa shape index (κ3) is 6.76. The monoisotopic (exact) mass is 534 g/mol. The van der Waals surface area contributed by atoms with Gasteiger partial charge in [-0.3, -0.25) is 9.89 Å². The van der Waals surface area contributed by atoms with Crippen LogP contribution in [0.15, 0.2) is 4.99 Å². The van der Waals surface area contributed by atoms with E-state index in [0.29, 0.717) is 24.6 Å². The molecule has 1 fully saturated rings. The molecule has 0 radical (unpaired) electrons. The van der Waals surface area contributed by atoms with Gasteiger partial charge in [0.15, 0.2) is 11.8 Å². The Morgan fingerprint density at radius 2 is 2.00 bits per heavy atom. The molecule has 1 aromatic rings. The van der Waals surface area contributed by atoms with E-state index in [4.69, 9.17) is 4.74 Å². The third-order valence-corrected chi connectivity index (χ3v) is 5.99. The fraction of sp³-hybridized carbons (Fsp3) is 0.850. The third-order valence-electron chi connectivity index (χ3n) is 5.99. The molecule has 2 N–H and O–H groups in total. The summed E-state index contributed by atoms with van der Waals surface area (Å²) in [7, 11) is 5.72. The fourth-order valence-electron chi connectivity index (χ4n) is 4.20. The Balaban J connectivity index is 0.00000320. The van der Waals surface area contributed by atoms with Crippen LogP contribution in [-0.2, 0) is 24.3 Å². The number of piperazine rings is 1. The van der Waals surface area contributed by atoms with Crippen molar-refractivity contribution < 1.29 is 4.74 Å². The van der Waals surface area contributed by atoms with Gasteiger partial charge in [0, 0.05) is 65.4 Å². The van der Waals surface area contributed by atoms with Crippen LogP contribution < -0.4 is 10.6 Å². The number of aryl methyl sites for hydroxylation is 1. The molecule has 2 aliphatic rings. The molecule has 0 spiro atoms. The van der Waals surface area contributed by atoms with E-state index in [1.54, 1.807) is 7.11 Å². The van der Waals surface area contributed by atoms with Crippen LogP contribution in [0.4, 0.5) is 0 Å². The highest BCUT2D eigenvalue weighted by molar-refractivity contribution is 14.0. The molecular formula is C20H39IN8O. The molecule has 1 aromatic heterocycles. The largest absolute Gasteiger partial charge is 0.377 e. The number of aliphatic imine (C=N–C) groups is 1. The molecule has 2 aliphatic heterocycles. The van der Waals surface area contributed by atoms with Crippen LogP contribution in [-0.4, -0.2) is 96.5 Å². The number of methoxy groups -OCH3 is 1. The summed E-state index contributed by atoms with van der Waals surface area (Å²) in [4.78, 5) is 14.0. The second kappa shape index (κ2) is 12.2. The number of hydrogen-bond acceptors (Lipinski definition) is 6. The van der Waals surface area contributed by atoms with Crippen molar-refractivity contribution >= 4 is 29.9 Å². The smallest absolute Gasteiger partial charge is 0.191 e. The Labute approximate surface area is 198 Å². The zero-order valence-corrected chi connectivity index (χ0v) is 21.4. The van der Waals surface area contributed by atoms with Gasteiger partial charge < -0.3 is 20.3 Å². The predicted octanol–water partition coefficient (Wildman–Crippen LogP) is 0.794. The summed E-state index contributed by atoms with van der Waals surface area (Å²) in [5.41, 5.74) is 0. The van der Waals surface area contributed by atoms with Gasteiger partial charge >= 0.3 is 0 Å². The van der Waals surface area contributed by atoms with E-state index in [9.17, 15) is 0 Å². The first-order valence-corrected chi connectivity index (χ1v) is 10.8. The number of hydrogen-bond donors (Lipinski definition) is 2. The van der Waals surface area contributed by atoms with Gasteiger partial charge in [-0.2, -0.15) is 5.10 Å². The topological polar surface area (TPSA) is 82.8 Å². The second-order valence-corrected chi connectivity index (χ2v) is 8.54. The van der Waals surface area contributed by atoms with Gasteiger partial charge in [-0.25, -0.2) is 9.67 Å². The van der Waals surface area contributed by atoms with Crippen LogP contribution in [0.3, 0.4) is 0 Å². The fourth-order valence-corrected chi connectivity index (χ4v) is 4.20. The quantitative estimate of drug-likeness (QED) is 0.304. The maximum atomic E-state index is 5.15. The number of fused-ring (bicyclic) bond motifs is 1. The first kappa shape index (κ1) is 25.3. The summed E-state index contributed by atoms with van der Waals surface area (Å²) in [6, 6.07) is 0.805. The SMILES string of the molecule is CN=C(NCC(C(C)C)N1CCN(C)CC1)NC1CCc2nc(COC)nn2C1.I. The molecule has 0 amide bonds. The van der Waals surface area contributed by atoms with Crippen LogP contribution >= 0.6 is 24.0 Å². The molecule has 30 heavy (non-hydrogen) atoms. The van der Waals surface area contributed by atoms with E-state index in [0.717, 1.165) is 69.7 Å². The van der Waals surface area contributed by atoms with E-state index >= 15 is 0 Å². The maximum absolute atomic E-state index is 5.15. The van der Waals surface area contributed by atoms with Crippen LogP contribution in [0, 0.1) is 5.92 Å². The summed E-state index contributed by atoms with van der Waals surface area (Å²) in [5.74, 6) is 3.27. The Kier molecular flexibility index (Phi) is 10.2. The Hall–Kier alpha value is -0.980. The van der Waals surface area contributed by atoms with Crippen molar-refractivity contribution in [2.24, 2.45) is 10.9 Å². The number of halogens is 1. The zero-order valence-electron chi connectivity index (χ0n) is 19.1. The number of nitrogens with zero attached hydrogens (tertiary/aromatic N) is 6. The number of aromatic nitrogens is 3. The number of nitrogens with one attached hydrogen (secondary N) is 2. The minimum atomic E-state index is 0. The highest BCUT2D eigenvalue weighted by Crippen LogP contribution is 2.15. The minimum absolute atomic E-state index is 0.